The molecule has 0 spiro atoms. The summed E-state index contributed by atoms with van der Waals surface area (Å²) in [6.07, 6.45) is 5.72. The second-order valence-electron chi connectivity index (χ2n) is 4.33. The molecule has 0 aliphatic heterocycles. The highest BCUT2D eigenvalue weighted by molar-refractivity contribution is 7.07. The van der Waals surface area contributed by atoms with E-state index in [1.165, 1.54) is 6.20 Å². The first-order valence-corrected chi connectivity index (χ1v) is 6.20. The maximum atomic E-state index is 11.7. The van der Waals surface area contributed by atoms with Gasteiger partial charge in [-0.25, -0.2) is 0 Å². The molecule has 6 heteroatoms. The minimum atomic E-state index is -0.144. The van der Waals surface area contributed by atoms with E-state index < -0.39 is 0 Å². The molecule has 16 heavy (non-hydrogen) atoms. The molecular weight excluding hydrogens is 226 g/mol. The minimum Gasteiger partial charge on any atom is -0.396 e. The van der Waals surface area contributed by atoms with Crippen LogP contribution in [-0.4, -0.2) is 33.8 Å². The third-order valence-corrected chi connectivity index (χ3v) is 3.87. The van der Waals surface area contributed by atoms with Crippen molar-refractivity contribution in [2.24, 2.45) is 5.41 Å². The summed E-state index contributed by atoms with van der Waals surface area (Å²) in [6.45, 7) is 0.689. The number of nitrogens with zero attached hydrogens (tertiary/aromatic N) is 2. The average Bonchev–Trinajstić information content (AvgIpc) is 2.98. The molecule has 0 saturated heterocycles. The van der Waals surface area contributed by atoms with Gasteiger partial charge in [0, 0.05) is 12.0 Å². The number of aromatic nitrogens is 2. The topological polar surface area (TPSA) is 75.1 Å². The fourth-order valence-electron chi connectivity index (χ4n) is 2.14. The lowest BCUT2D eigenvalue weighted by atomic mass is 9.87. The first-order chi connectivity index (χ1) is 7.76. The second kappa shape index (κ2) is 4.88. The van der Waals surface area contributed by atoms with Crippen LogP contribution in [-0.2, 0) is 0 Å². The van der Waals surface area contributed by atoms with Gasteiger partial charge in [-0.1, -0.05) is 17.3 Å². The second-order valence-corrected chi connectivity index (χ2v) is 5.12. The predicted molar refractivity (Wildman–Crippen MR) is 60.2 cm³/mol. The molecule has 1 aromatic rings. The molecule has 1 aliphatic carbocycles. The summed E-state index contributed by atoms with van der Waals surface area (Å²) in [7, 11) is 0. The summed E-state index contributed by atoms with van der Waals surface area (Å²) in [4.78, 5) is 12.2. The van der Waals surface area contributed by atoms with Crippen molar-refractivity contribution in [2.75, 3.05) is 13.2 Å². The summed E-state index contributed by atoms with van der Waals surface area (Å²) >= 11 is 1.08. The molecular formula is C10H15N3O2S. The third-order valence-electron chi connectivity index (χ3n) is 3.21. The molecule has 1 amide bonds. The van der Waals surface area contributed by atoms with Gasteiger partial charge in [0.25, 0.3) is 5.91 Å². The summed E-state index contributed by atoms with van der Waals surface area (Å²) in [5, 5.41) is 15.9. The lowest BCUT2D eigenvalue weighted by Gasteiger charge is -2.26. The zero-order valence-electron chi connectivity index (χ0n) is 8.98. The Balaban J connectivity index is 1.89. The van der Waals surface area contributed by atoms with Crippen molar-refractivity contribution in [2.45, 2.75) is 25.7 Å². The number of nitrogens with one attached hydrogen (secondary N) is 1. The van der Waals surface area contributed by atoms with Gasteiger partial charge in [-0.3, -0.25) is 4.79 Å². The van der Waals surface area contributed by atoms with Crippen molar-refractivity contribution in [3.63, 3.8) is 0 Å². The van der Waals surface area contributed by atoms with E-state index >= 15 is 0 Å². The lowest BCUT2D eigenvalue weighted by Crippen LogP contribution is -2.38. The zero-order chi connectivity index (χ0) is 11.4. The molecule has 2 rings (SSSR count). The number of carbonyl (C=O) groups excluding carboxylic acids is 1. The van der Waals surface area contributed by atoms with Gasteiger partial charge < -0.3 is 10.4 Å². The molecule has 1 saturated carbocycles. The number of aliphatic hydroxyl groups is 1. The molecule has 0 radical (unpaired) electrons. The monoisotopic (exact) mass is 241 g/mol. The van der Waals surface area contributed by atoms with Crippen LogP contribution in [0, 0.1) is 5.41 Å². The van der Waals surface area contributed by atoms with Gasteiger partial charge in [0.2, 0.25) is 0 Å². The highest BCUT2D eigenvalue weighted by Gasteiger charge is 2.33. The summed E-state index contributed by atoms with van der Waals surface area (Å²) in [5.41, 5.74) is -0.103. The van der Waals surface area contributed by atoms with E-state index in [-0.39, 0.29) is 17.9 Å². The van der Waals surface area contributed by atoms with Crippen LogP contribution >= 0.6 is 11.5 Å². The van der Waals surface area contributed by atoms with E-state index in [0.717, 1.165) is 37.2 Å². The number of carbonyl (C=O) groups is 1. The SMILES string of the molecule is O=C(NCC1(CO)CCCC1)c1cnns1. The molecule has 0 atom stereocenters. The van der Waals surface area contributed by atoms with Gasteiger partial charge in [0.1, 0.15) is 4.88 Å². The third kappa shape index (κ3) is 2.38. The Morgan fingerprint density at radius 3 is 2.88 bits per heavy atom. The molecule has 0 aromatic carbocycles. The fraction of sp³-hybridized carbons (Fsp3) is 0.700. The maximum Gasteiger partial charge on any atom is 0.264 e. The Bertz CT molecular complexity index is 347. The van der Waals surface area contributed by atoms with Crippen LogP contribution in [0.15, 0.2) is 6.20 Å². The smallest absolute Gasteiger partial charge is 0.264 e. The van der Waals surface area contributed by atoms with Crippen LogP contribution in [0.1, 0.15) is 35.4 Å². The van der Waals surface area contributed by atoms with Gasteiger partial charge in [-0.05, 0) is 24.4 Å². The number of amides is 1. The number of hydrogen-bond acceptors (Lipinski definition) is 5. The molecule has 1 heterocycles. The van der Waals surface area contributed by atoms with Crippen LogP contribution < -0.4 is 5.32 Å². The largest absolute Gasteiger partial charge is 0.396 e. The summed E-state index contributed by atoms with van der Waals surface area (Å²) < 4.78 is 3.64. The van der Waals surface area contributed by atoms with Crippen molar-refractivity contribution < 1.29 is 9.90 Å². The molecule has 0 unspecified atom stereocenters. The first kappa shape index (κ1) is 11.5. The van der Waals surface area contributed by atoms with Gasteiger partial charge in [-0.15, -0.1) is 5.10 Å². The first-order valence-electron chi connectivity index (χ1n) is 5.42. The Kier molecular flexibility index (Phi) is 3.50. The van der Waals surface area contributed by atoms with E-state index in [2.05, 4.69) is 14.9 Å². The minimum absolute atomic E-state index is 0.103. The molecule has 1 aliphatic rings. The Morgan fingerprint density at radius 1 is 1.56 bits per heavy atom. The number of rotatable bonds is 4. The van der Waals surface area contributed by atoms with E-state index in [9.17, 15) is 9.90 Å². The molecule has 2 N–H and O–H groups in total. The van der Waals surface area contributed by atoms with Crippen LogP contribution in [0.3, 0.4) is 0 Å². The van der Waals surface area contributed by atoms with Gasteiger partial charge in [0.15, 0.2) is 0 Å². The molecule has 88 valence electrons. The Morgan fingerprint density at radius 2 is 2.31 bits per heavy atom. The van der Waals surface area contributed by atoms with E-state index in [0.29, 0.717) is 11.4 Å². The van der Waals surface area contributed by atoms with Crippen molar-refractivity contribution in [3.8, 4) is 0 Å². The van der Waals surface area contributed by atoms with Crippen LogP contribution in [0.25, 0.3) is 0 Å². The van der Waals surface area contributed by atoms with E-state index in [1.54, 1.807) is 0 Å². The van der Waals surface area contributed by atoms with E-state index in [4.69, 9.17) is 0 Å². The van der Waals surface area contributed by atoms with Gasteiger partial charge >= 0.3 is 0 Å². The maximum absolute atomic E-state index is 11.7. The van der Waals surface area contributed by atoms with Crippen molar-refractivity contribution in [1.29, 1.82) is 0 Å². The van der Waals surface area contributed by atoms with Crippen molar-refractivity contribution in [3.05, 3.63) is 11.1 Å². The Hall–Kier alpha value is -1.01. The normalized spacial score (nSPS) is 18.6. The van der Waals surface area contributed by atoms with Crippen molar-refractivity contribution in [1.82, 2.24) is 14.9 Å². The van der Waals surface area contributed by atoms with Crippen LogP contribution in [0.4, 0.5) is 0 Å². The molecule has 5 nitrogen and oxygen atoms in total. The van der Waals surface area contributed by atoms with Crippen LogP contribution in [0.2, 0.25) is 0 Å². The summed E-state index contributed by atoms with van der Waals surface area (Å²) in [5.74, 6) is -0.144. The fourth-order valence-corrected chi connectivity index (χ4v) is 2.57. The Labute approximate surface area is 98.0 Å². The van der Waals surface area contributed by atoms with E-state index in [1.807, 2.05) is 0 Å². The van der Waals surface area contributed by atoms with Crippen LogP contribution in [0.5, 0.6) is 0 Å². The predicted octanol–water partition coefficient (Wildman–Crippen LogP) is 0.821. The molecule has 1 aromatic heterocycles. The number of aliphatic hydroxyl groups excluding tert-OH is 1. The highest BCUT2D eigenvalue weighted by Crippen LogP contribution is 2.36. The van der Waals surface area contributed by atoms with Gasteiger partial charge in [0.05, 0.1) is 12.8 Å². The van der Waals surface area contributed by atoms with Gasteiger partial charge in [-0.2, -0.15) is 0 Å². The standard InChI is InChI=1S/C10H15N3O2S/c14-7-10(3-1-2-4-10)6-11-9(15)8-5-12-13-16-8/h5,14H,1-4,6-7H2,(H,11,15). The van der Waals surface area contributed by atoms with Crippen molar-refractivity contribution >= 4 is 17.4 Å². The molecule has 1 fully saturated rings. The summed E-state index contributed by atoms with van der Waals surface area (Å²) in [6, 6.07) is 0. The highest BCUT2D eigenvalue weighted by atomic mass is 32.1. The lowest BCUT2D eigenvalue weighted by molar-refractivity contribution is 0.0884. The average molecular weight is 241 g/mol. The zero-order valence-corrected chi connectivity index (χ0v) is 9.79. The quantitative estimate of drug-likeness (QED) is 0.818. The number of hydrogen-bond donors (Lipinski definition) is 2. The molecule has 0 bridgehead atoms.